The van der Waals surface area contributed by atoms with Crippen molar-refractivity contribution in [2.75, 3.05) is 26.2 Å². The largest absolute Gasteiger partial charge is 0.508 e. The number of carbonyl (C=O) groups is 11. The molecule has 5 aromatic carbocycles. The number of aliphatic hydroxyl groups excluding tert-OH is 1. The van der Waals surface area contributed by atoms with E-state index in [4.69, 9.17) is 40.3 Å². The quantitative estimate of drug-likeness (QED) is 0.0122. The lowest BCUT2D eigenvalue weighted by molar-refractivity contribution is -0.142. The fraction of sp³-hybridized carbons (Fsp3) is 0.386. The van der Waals surface area contributed by atoms with Gasteiger partial charge in [0.05, 0.1) is 6.61 Å². The van der Waals surface area contributed by atoms with E-state index < -0.39 is 132 Å². The Balaban J connectivity index is 1.28. The fourth-order valence-corrected chi connectivity index (χ4v) is 11.2. The molecule has 11 amide bonds. The maximum absolute atomic E-state index is 15.0. The van der Waals surface area contributed by atoms with E-state index in [9.17, 15) is 63.0 Å². The van der Waals surface area contributed by atoms with Crippen molar-refractivity contribution in [1.29, 1.82) is 0 Å². The van der Waals surface area contributed by atoms with Crippen LogP contribution in [0.3, 0.4) is 0 Å². The summed E-state index contributed by atoms with van der Waals surface area (Å²) >= 11 is 6.12. The van der Waals surface area contributed by atoms with Gasteiger partial charge in [-0.05, 0) is 97.5 Å². The molecule has 1 aliphatic heterocycles. The number of carbonyl (C=O) groups excluding carboxylic acids is 11. The lowest BCUT2D eigenvalue weighted by atomic mass is 10.0. The number of nitrogens with zero attached hydrogens (tertiary/aromatic N) is 3. The van der Waals surface area contributed by atoms with Crippen LogP contribution in [0.5, 0.6) is 5.75 Å². The van der Waals surface area contributed by atoms with Gasteiger partial charge in [-0.15, -0.1) is 0 Å². The Morgan fingerprint density at radius 3 is 1.19 bits per heavy atom. The third kappa shape index (κ3) is 26.6. The second-order valence-corrected chi connectivity index (χ2v) is 24.8. The molecule has 1 saturated heterocycles. The molecule has 0 aliphatic carbocycles. The highest BCUT2D eigenvalue weighted by Crippen LogP contribution is 2.22. The first kappa shape index (κ1) is 78.9. The molecule has 0 unspecified atom stereocenters. The molecule has 0 saturated carbocycles. The molecular weight excluding hydrogens is 1320 g/mol. The normalized spacial score (nSPS) is 15.1. The second-order valence-electron chi connectivity index (χ2n) is 24.4. The average molecular weight is 1410 g/mol. The monoisotopic (exact) mass is 1410 g/mol. The highest BCUT2D eigenvalue weighted by atomic mass is 35.5. The Kier molecular flexibility index (Phi) is 31.3. The van der Waals surface area contributed by atoms with Gasteiger partial charge in [0.25, 0.3) is 0 Å². The van der Waals surface area contributed by atoms with Crippen molar-refractivity contribution in [3.05, 3.63) is 172 Å². The molecule has 21 N–H and O–H groups in total. The number of amides is 11. The summed E-state index contributed by atoms with van der Waals surface area (Å²) in [4.78, 5) is 165. The van der Waals surface area contributed by atoms with Crippen molar-refractivity contribution in [3.8, 4) is 5.75 Å². The van der Waals surface area contributed by atoms with Crippen molar-refractivity contribution < 1.29 is 63.0 Å². The Labute approximate surface area is 589 Å². The van der Waals surface area contributed by atoms with Crippen molar-refractivity contribution >= 4 is 88.5 Å². The first-order chi connectivity index (χ1) is 48.3. The van der Waals surface area contributed by atoms with Crippen LogP contribution in [0.25, 0.3) is 0 Å². The van der Waals surface area contributed by atoms with Crippen LogP contribution < -0.4 is 76.5 Å². The van der Waals surface area contributed by atoms with Crippen LogP contribution in [0.1, 0.15) is 80.2 Å². The number of guanidine groups is 2. The van der Waals surface area contributed by atoms with Crippen molar-refractivity contribution in [2.24, 2.45) is 38.7 Å². The van der Waals surface area contributed by atoms with Crippen molar-refractivity contribution in [3.63, 3.8) is 0 Å². The van der Waals surface area contributed by atoms with Crippen molar-refractivity contribution in [2.45, 2.75) is 145 Å². The van der Waals surface area contributed by atoms with Crippen LogP contribution in [0.2, 0.25) is 5.02 Å². The molecule has 0 spiro atoms. The molecule has 31 heteroatoms. The number of aliphatic hydroxyl groups is 1. The number of nitrogens with two attached hydrogens (primary N) is 5. The first-order valence-corrected chi connectivity index (χ1v) is 33.3. The van der Waals surface area contributed by atoms with Crippen LogP contribution in [-0.2, 0) is 84.8 Å². The van der Waals surface area contributed by atoms with Gasteiger partial charge >= 0.3 is 0 Å². The van der Waals surface area contributed by atoms with Gasteiger partial charge in [-0.25, -0.2) is 0 Å². The molecule has 0 bridgehead atoms. The number of hydrogen-bond acceptors (Lipinski definition) is 15. The summed E-state index contributed by atoms with van der Waals surface area (Å²) in [7, 11) is 0. The molecule has 10 atom stereocenters. The number of aromatic hydroxyl groups is 1. The third-order valence-electron chi connectivity index (χ3n) is 16.4. The molecule has 5 aromatic rings. The van der Waals surface area contributed by atoms with Gasteiger partial charge in [0.1, 0.15) is 66.2 Å². The van der Waals surface area contributed by atoms with E-state index in [2.05, 4.69) is 57.8 Å². The molecular formula is C70H90ClN17O13. The topological polar surface area (TPSA) is 495 Å². The summed E-state index contributed by atoms with van der Waals surface area (Å²) in [5.74, 6) is -9.67. The van der Waals surface area contributed by atoms with Gasteiger partial charge in [-0.2, -0.15) is 0 Å². The smallest absolute Gasteiger partial charge is 0.245 e. The lowest BCUT2D eigenvalue weighted by Gasteiger charge is -2.30. The molecule has 1 fully saturated rings. The number of phenols is 1. The lowest BCUT2D eigenvalue weighted by Crippen LogP contribution is -2.61. The van der Waals surface area contributed by atoms with Gasteiger partial charge in [0.15, 0.2) is 11.9 Å². The molecule has 1 aliphatic rings. The highest BCUT2D eigenvalue weighted by Gasteiger charge is 2.40. The highest BCUT2D eigenvalue weighted by molar-refractivity contribution is 6.30. The van der Waals surface area contributed by atoms with Crippen molar-refractivity contribution in [1.82, 2.24) is 52.8 Å². The van der Waals surface area contributed by atoms with Gasteiger partial charge < -0.3 is 91.6 Å². The fourth-order valence-electron chi connectivity index (χ4n) is 11.1. The van der Waals surface area contributed by atoms with Gasteiger partial charge in [-0.1, -0.05) is 127 Å². The number of aliphatic imine (C=N–C) groups is 2. The molecule has 30 nitrogen and oxygen atoms in total. The minimum atomic E-state index is -1.82. The summed E-state index contributed by atoms with van der Waals surface area (Å²) < 4.78 is 0. The van der Waals surface area contributed by atoms with Crippen LogP contribution in [0.15, 0.2) is 150 Å². The predicted molar refractivity (Wildman–Crippen MR) is 377 cm³/mol. The molecule has 101 heavy (non-hydrogen) atoms. The molecule has 1 heterocycles. The van der Waals surface area contributed by atoms with E-state index in [1.165, 1.54) is 43.0 Å². The van der Waals surface area contributed by atoms with E-state index >= 15 is 0 Å². The maximum Gasteiger partial charge on any atom is 0.245 e. The maximum atomic E-state index is 15.0. The van der Waals surface area contributed by atoms with E-state index in [0.29, 0.717) is 39.3 Å². The number of halogens is 1. The Hall–Kier alpha value is -11.1. The van der Waals surface area contributed by atoms with Crippen LogP contribution in [-0.4, -0.2) is 179 Å². The number of primary amides is 1. The van der Waals surface area contributed by atoms with Crippen LogP contribution in [0.4, 0.5) is 0 Å². The Bertz CT molecular complexity index is 3680. The minimum Gasteiger partial charge on any atom is -0.508 e. The summed E-state index contributed by atoms with van der Waals surface area (Å²) in [5, 5.41) is 45.5. The minimum absolute atomic E-state index is 0.0163. The molecule has 0 aromatic heterocycles. The summed E-state index contributed by atoms with van der Waals surface area (Å²) in [6.07, 6.45) is -0.124. The van der Waals surface area contributed by atoms with E-state index in [1.54, 1.807) is 115 Å². The number of phenolic OH excluding ortho intramolecular Hbond substituents is 1. The Morgan fingerprint density at radius 1 is 0.465 bits per heavy atom. The average Bonchev–Trinajstić information content (AvgIpc) is 1.81. The Morgan fingerprint density at radius 2 is 0.802 bits per heavy atom. The van der Waals surface area contributed by atoms with E-state index in [0.717, 1.165) is 0 Å². The van der Waals surface area contributed by atoms with E-state index in [-0.39, 0.29) is 102 Å². The number of likely N-dealkylation sites (tertiary alicyclic amines) is 1. The first-order valence-electron chi connectivity index (χ1n) is 32.9. The zero-order valence-electron chi connectivity index (χ0n) is 56.2. The summed E-state index contributed by atoms with van der Waals surface area (Å²) in [6, 6.07) is 24.0. The molecule has 540 valence electrons. The number of hydrogen-bond donors (Lipinski definition) is 16. The van der Waals surface area contributed by atoms with Gasteiger partial charge in [0, 0.05) is 63.7 Å². The van der Waals surface area contributed by atoms with E-state index in [1.807, 2.05) is 0 Å². The van der Waals surface area contributed by atoms with Gasteiger partial charge in [-0.3, -0.25) is 62.7 Å². The van der Waals surface area contributed by atoms with Gasteiger partial charge in [0.2, 0.25) is 65.0 Å². The number of nitrogens with one attached hydrogen (secondary N) is 9. The SMILES string of the molecule is CC(=O)N[C@H](Cc1ccc(Cl)cc1)C(=O)N[C@H](Cc1ccccc1)C(=O)N[C@H](Cc1ccccc1)C(=O)N[C@@H](CO)C(=O)N[C@@H](Cc1ccc(O)cc1)C(=O)N[C@H](CCCN=C(N)N)C(=O)N[C@@H](Cc1ccccc1)C(=O)N[C@@H](CCCN=C(N)N)C(=O)N1CCC[C@H]1C(=O)N[C@H](C)C(N)=O. The van der Waals surface area contributed by atoms with Crippen LogP contribution in [0, 0.1) is 0 Å². The molecule has 0 radical (unpaired) electrons. The number of rotatable bonds is 38. The van der Waals surface area contributed by atoms with Crippen LogP contribution >= 0.6 is 11.6 Å². The number of benzene rings is 5. The second kappa shape index (κ2) is 40.1. The standard InChI is InChI=1S/C70H90ClN17O13/c1-41(59(72)92)79-67(100)58-23-14-34-88(58)68(101)51(22-13-33-78-70(75)76)82-63(96)53(35-43-15-6-3-7-16-43)83-60(93)50(21-12-32-77-69(73)74)81-62(95)56(39-47-26-30-49(91)31-27-47)86-66(99)57(40-89)87-65(98)55(37-45-19-10-5-11-20-45)85-64(97)54(36-44-17-8-4-9-18-44)84-61(94)52(80-42(2)90)38-46-24-28-48(71)29-25-46/h3-11,15-20,24-31,41,50-58,89,91H,12-14,21-23,32-40H2,1-2H3,(H2,72,92)(H,79,100)(H,80,90)(H,81,95)(H,82,96)(H,83,93)(H,84,94)(H,85,97)(H,86,99)(H,87,98)(H4,73,74,77)(H4,75,76,78)/t41-,50-,51+,52-,53+,54-,55-,56+,57+,58+/m1/s1. The predicted octanol–water partition coefficient (Wildman–Crippen LogP) is -1.46. The summed E-state index contributed by atoms with van der Waals surface area (Å²) in [5.41, 5.74) is 30.6. The molecule has 6 rings (SSSR count). The zero-order valence-corrected chi connectivity index (χ0v) is 56.9. The third-order valence-corrected chi connectivity index (χ3v) is 16.6. The summed E-state index contributed by atoms with van der Waals surface area (Å²) in [6.45, 7) is 1.69. The zero-order chi connectivity index (χ0) is 73.5.